The molecule has 1 aromatic rings. The maximum atomic E-state index is 5.37. The molecule has 3 rings (SSSR count). The number of aromatic nitrogens is 3. The summed E-state index contributed by atoms with van der Waals surface area (Å²) in [5.41, 5.74) is 0.238. The molecule has 0 amide bonds. The fourth-order valence-corrected chi connectivity index (χ4v) is 3.17. The third-order valence-corrected chi connectivity index (χ3v) is 4.14. The van der Waals surface area contributed by atoms with Crippen molar-refractivity contribution in [2.24, 2.45) is 0 Å². The highest BCUT2D eigenvalue weighted by molar-refractivity contribution is 7.71. The normalized spacial score (nSPS) is 24.6. The summed E-state index contributed by atoms with van der Waals surface area (Å²) in [4.78, 5) is 0. The SMILES string of the molecule is CC1(n2c(C3CC3)n[nH]c2=S)CCCC1. The second-order valence-electron chi connectivity index (χ2n) is 5.20. The van der Waals surface area contributed by atoms with Crippen LogP contribution in [0.1, 0.15) is 57.2 Å². The smallest absolute Gasteiger partial charge is 0.195 e. The molecule has 0 bridgehead atoms. The first-order valence-electron chi connectivity index (χ1n) is 5.88. The summed E-state index contributed by atoms with van der Waals surface area (Å²) < 4.78 is 3.13. The third-order valence-electron chi connectivity index (χ3n) is 3.86. The second kappa shape index (κ2) is 3.17. The fraction of sp³-hybridized carbons (Fsp3) is 0.818. The van der Waals surface area contributed by atoms with Gasteiger partial charge in [0.1, 0.15) is 5.82 Å². The van der Waals surface area contributed by atoms with Crippen molar-refractivity contribution in [3.8, 4) is 0 Å². The van der Waals surface area contributed by atoms with Crippen LogP contribution >= 0.6 is 12.2 Å². The highest BCUT2D eigenvalue weighted by Crippen LogP contribution is 2.44. The fourth-order valence-electron chi connectivity index (χ4n) is 2.81. The van der Waals surface area contributed by atoms with Crippen molar-refractivity contribution in [2.45, 2.75) is 56.9 Å². The van der Waals surface area contributed by atoms with Crippen LogP contribution in [-0.2, 0) is 5.54 Å². The van der Waals surface area contributed by atoms with Gasteiger partial charge in [-0.05, 0) is 44.8 Å². The molecule has 1 N–H and O–H groups in total. The lowest BCUT2D eigenvalue weighted by Crippen LogP contribution is -2.28. The summed E-state index contributed by atoms with van der Waals surface area (Å²) in [7, 11) is 0. The van der Waals surface area contributed by atoms with Gasteiger partial charge >= 0.3 is 0 Å². The molecule has 15 heavy (non-hydrogen) atoms. The molecule has 0 aliphatic heterocycles. The maximum Gasteiger partial charge on any atom is 0.195 e. The largest absolute Gasteiger partial charge is 0.298 e. The molecule has 2 aliphatic carbocycles. The maximum absolute atomic E-state index is 5.37. The van der Waals surface area contributed by atoms with E-state index in [2.05, 4.69) is 21.7 Å². The number of nitrogens with zero attached hydrogens (tertiary/aromatic N) is 2. The molecule has 0 saturated heterocycles. The Morgan fingerprint density at radius 3 is 2.67 bits per heavy atom. The van der Waals surface area contributed by atoms with Crippen LogP contribution in [0.25, 0.3) is 0 Å². The molecule has 4 heteroatoms. The first kappa shape index (κ1) is 9.58. The first-order valence-corrected chi connectivity index (χ1v) is 6.29. The lowest BCUT2D eigenvalue weighted by atomic mass is 10.00. The molecule has 0 radical (unpaired) electrons. The van der Waals surface area contributed by atoms with Crippen molar-refractivity contribution < 1.29 is 0 Å². The summed E-state index contributed by atoms with van der Waals surface area (Å²) in [6.07, 6.45) is 7.73. The summed E-state index contributed by atoms with van der Waals surface area (Å²) in [5, 5.41) is 7.39. The minimum absolute atomic E-state index is 0.238. The van der Waals surface area contributed by atoms with Gasteiger partial charge in [-0.25, -0.2) is 0 Å². The molecule has 1 heterocycles. The van der Waals surface area contributed by atoms with Gasteiger partial charge in [-0.15, -0.1) is 0 Å². The molecule has 3 nitrogen and oxygen atoms in total. The van der Waals surface area contributed by atoms with Crippen LogP contribution in [0.3, 0.4) is 0 Å². The zero-order chi connectivity index (χ0) is 10.5. The van der Waals surface area contributed by atoms with Crippen LogP contribution in [0.2, 0.25) is 0 Å². The Bertz CT molecular complexity index is 421. The lowest BCUT2D eigenvalue weighted by Gasteiger charge is -2.27. The number of hydrogen-bond donors (Lipinski definition) is 1. The van der Waals surface area contributed by atoms with Gasteiger partial charge in [-0.1, -0.05) is 12.8 Å². The number of hydrogen-bond acceptors (Lipinski definition) is 2. The van der Waals surface area contributed by atoms with Gasteiger partial charge in [0.2, 0.25) is 0 Å². The molecule has 1 aromatic heterocycles. The Morgan fingerprint density at radius 1 is 1.40 bits per heavy atom. The van der Waals surface area contributed by atoms with Crippen molar-refractivity contribution >= 4 is 12.2 Å². The quantitative estimate of drug-likeness (QED) is 0.782. The average Bonchev–Trinajstić information content (AvgIpc) is 2.85. The van der Waals surface area contributed by atoms with Gasteiger partial charge in [0.15, 0.2) is 4.77 Å². The highest BCUT2D eigenvalue weighted by Gasteiger charge is 2.37. The van der Waals surface area contributed by atoms with Gasteiger partial charge in [-0.2, -0.15) is 5.10 Å². The van der Waals surface area contributed by atoms with E-state index >= 15 is 0 Å². The lowest BCUT2D eigenvalue weighted by molar-refractivity contribution is 0.314. The van der Waals surface area contributed by atoms with Crippen molar-refractivity contribution in [1.29, 1.82) is 0 Å². The molecular formula is C11H17N3S. The van der Waals surface area contributed by atoms with E-state index in [9.17, 15) is 0 Å². The third kappa shape index (κ3) is 1.46. The Kier molecular flexibility index (Phi) is 2.03. The van der Waals surface area contributed by atoms with Crippen molar-refractivity contribution in [1.82, 2.24) is 14.8 Å². The van der Waals surface area contributed by atoms with Crippen LogP contribution < -0.4 is 0 Å². The summed E-state index contributed by atoms with van der Waals surface area (Å²) in [6, 6.07) is 0. The predicted molar refractivity (Wildman–Crippen MR) is 61.5 cm³/mol. The summed E-state index contributed by atoms with van der Waals surface area (Å²) in [6.45, 7) is 2.33. The topological polar surface area (TPSA) is 33.6 Å². The molecule has 0 spiro atoms. The van der Waals surface area contributed by atoms with E-state index in [1.54, 1.807) is 0 Å². The number of aromatic amines is 1. The number of rotatable bonds is 2. The minimum atomic E-state index is 0.238. The molecule has 0 unspecified atom stereocenters. The molecule has 0 aromatic carbocycles. The Morgan fingerprint density at radius 2 is 2.07 bits per heavy atom. The zero-order valence-corrected chi connectivity index (χ0v) is 9.94. The summed E-state index contributed by atoms with van der Waals surface area (Å²) in [5.74, 6) is 1.89. The zero-order valence-electron chi connectivity index (χ0n) is 9.12. The minimum Gasteiger partial charge on any atom is -0.298 e. The van der Waals surface area contributed by atoms with Gasteiger partial charge in [0, 0.05) is 11.5 Å². The van der Waals surface area contributed by atoms with Gasteiger partial charge in [0.25, 0.3) is 0 Å². The van der Waals surface area contributed by atoms with Crippen LogP contribution in [-0.4, -0.2) is 14.8 Å². The van der Waals surface area contributed by atoms with E-state index in [0.717, 1.165) is 4.77 Å². The number of H-pyrrole nitrogens is 1. The van der Waals surface area contributed by atoms with Gasteiger partial charge < -0.3 is 0 Å². The molecule has 2 saturated carbocycles. The van der Waals surface area contributed by atoms with E-state index in [-0.39, 0.29) is 5.54 Å². The predicted octanol–water partition coefficient (Wildman–Crippen LogP) is 3.11. The molecular weight excluding hydrogens is 206 g/mol. The van der Waals surface area contributed by atoms with E-state index < -0.39 is 0 Å². The van der Waals surface area contributed by atoms with E-state index in [4.69, 9.17) is 12.2 Å². The molecule has 2 aliphatic rings. The second-order valence-corrected chi connectivity index (χ2v) is 5.59. The molecule has 2 fully saturated rings. The van der Waals surface area contributed by atoms with E-state index in [0.29, 0.717) is 5.92 Å². The van der Waals surface area contributed by atoms with Gasteiger partial charge in [-0.3, -0.25) is 9.67 Å². The Labute approximate surface area is 94.9 Å². The van der Waals surface area contributed by atoms with Crippen LogP contribution in [0.5, 0.6) is 0 Å². The van der Waals surface area contributed by atoms with E-state index in [1.165, 1.54) is 44.3 Å². The first-order chi connectivity index (χ1) is 7.21. The van der Waals surface area contributed by atoms with Crippen molar-refractivity contribution in [3.63, 3.8) is 0 Å². The monoisotopic (exact) mass is 223 g/mol. The van der Waals surface area contributed by atoms with Crippen LogP contribution in [0.4, 0.5) is 0 Å². The highest BCUT2D eigenvalue weighted by atomic mass is 32.1. The summed E-state index contributed by atoms with van der Waals surface area (Å²) >= 11 is 5.37. The Hall–Kier alpha value is -0.640. The average molecular weight is 223 g/mol. The number of nitrogens with one attached hydrogen (secondary N) is 1. The molecule has 82 valence electrons. The standard InChI is InChI=1S/C11H17N3S/c1-11(6-2-3-7-11)14-9(8-4-5-8)12-13-10(14)15/h8H,2-7H2,1H3,(H,13,15). The van der Waals surface area contributed by atoms with E-state index in [1.807, 2.05) is 0 Å². The van der Waals surface area contributed by atoms with Crippen molar-refractivity contribution in [3.05, 3.63) is 10.6 Å². The van der Waals surface area contributed by atoms with Gasteiger partial charge in [0.05, 0.1) is 0 Å². The van der Waals surface area contributed by atoms with Crippen LogP contribution in [0, 0.1) is 4.77 Å². The Balaban J connectivity index is 2.08. The van der Waals surface area contributed by atoms with Crippen LogP contribution in [0.15, 0.2) is 0 Å². The van der Waals surface area contributed by atoms with Crippen molar-refractivity contribution in [2.75, 3.05) is 0 Å². The molecule has 0 atom stereocenters.